The Bertz CT molecular complexity index is 266. The molecule has 0 atom stereocenters. The molecule has 2 aliphatic rings. The molecule has 1 spiro atoms. The number of nitriles is 1. The molecule has 2 N–H and O–H groups in total. The first-order valence-electron chi connectivity index (χ1n) is 6.51. The molecule has 0 aromatic heterocycles. The maximum absolute atomic E-state index is 9.31. The largest absolute Gasteiger partial charge is 0.395 e. The number of rotatable bonds is 3. The minimum absolute atomic E-state index is 0.120. The molecule has 2 aliphatic carbocycles. The Balaban J connectivity index is 1.93. The molecule has 0 aromatic carbocycles. The second kappa shape index (κ2) is 4.73. The van der Waals surface area contributed by atoms with Crippen molar-refractivity contribution >= 4 is 0 Å². The summed E-state index contributed by atoms with van der Waals surface area (Å²) in [7, 11) is 0. The molecule has 0 bridgehead atoms. The summed E-state index contributed by atoms with van der Waals surface area (Å²) >= 11 is 0. The van der Waals surface area contributed by atoms with E-state index >= 15 is 0 Å². The van der Waals surface area contributed by atoms with E-state index in [1.54, 1.807) is 0 Å². The average Bonchev–Trinajstić information content (AvgIpc) is 2.78. The summed E-state index contributed by atoms with van der Waals surface area (Å²) in [6, 6.07) is 2.44. The van der Waals surface area contributed by atoms with E-state index in [-0.39, 0.29) is 12.1 Å². The number of hydrogen-bond acceptors (Lipinski definition) is 3. The SMILES string of the molecule is N#CC1(NCCO)CCC2(CCCC2)CC1. The lowest BCUT2D eigenvalue weighted by atomic mass is 9.67. The Hall–Kier alpha value is -0.590. The highest BCUT2D eigenvalue weighted by molar-refractivity contribution is 5.11. The van der Waals surface area contributed by atoms with Crippen LogP contribution in [-0.4, -0.2) is 23.8 Å². The molecule has 2 saturated carbocycles. The molecule has 0 aromatic rings. The fourth-order valence-corrected chi connectivity index (χ4v) is 3.46. The van der Waals surface area contributed by atoms with E-state index in [4.69, 9.17) is 5.11 Å². The van der Waals surface area contributed by atoms with E-state index in [2.05, 4.69) is 11.4 Å². The summed E-state index contributed by atoms with van der Waals surface area (Å²) in [5.74, 6) is 0. The third-order valence-electron chi connectivity index (χ3n) is 4.62. The molecule has 0 amide bonds. The normalized spacial score (nSPS) is 26.8. The van der Waals surface area contributed by atoms with Crippen molar-refractivity contribution in [2.24, 2.45) is 5.41 Å². The molecule has 3 heteroatoms. The zero-order chi connectivity index (χ0) is 11.5. The Morgan fingerprint density at radius 1 is 1.06 bits per heavy atom. The van der Waals surface area contributed by atoms with Gasteiger partial charge in [0.1, 0.15) is 5.54 Å². The number of nitrogens with one attached hydrogen (secondary N) is 1. The summed E-state index contributed by atoms with van der Waals surface area (Å²) in [4.78, 5) is 0. The predicted octanol–water partition coefficient (Wildman–Crippen LogP) is 1.97. The average molecular weight is 222 g/mol. The van der Waals surface area contributed by atoms with Crippen LogP contribution >= 0.6 is 0 Å². The van der Waals surface area contributed by atoms with Gasteiger partial charge in [-0.2, -0.15) is 5.26 Å². The van der Waals surface area contributed by atoms with Crippen LogP contribution in [0.5, 0.6) is 0 Å². The lowest BCUT2D eigenvalue weighted by Gasteiger charge is -2.41. The summed E-state index contributed by atoms with van der Waals surface area (Å²) in [6.45, 7) is 0.662. The van der Waals surface area contributed by atoms with Gasteiger partial charge in [0.25, 0.3) is 0 Å². The van der Waals surface area contributed by atoms with Gasteiger partial charge in [-0.15, -0.1) is 0 Å². The first-order valence-corrected chi connectivity index (χ1v) is 6.51. The zero-order valence-electron chi connectivity index (χ0n) is 9.97. The van der Waals surface area contributed by atoms with Gasteiger partial charge in [-0.05, 0) is 43.9 Å². The molecule has 0 saturated heterocycles. The minimum atomic E-state index is -0.351. The molecule has 2 rings (SSSR count). The van der Waals surface area contributed by atoms with Crippen LogP contribution in [-0.2, 0) is 0 Å². The quantitative estimate of drug-likeness (QED) is 0.767. The molecule has 3 nitrogen and oxygen atoms in total. The molecule has 90 valence electrons. The molecular weight excluding hydrogens is 200 g/mol. The minimum Gasteiger partial charge on any atom is -0.395 e. The van der Waals surface area contributed by atoms with Gasteiger partial charge in [0, 0.05) is 6.54 Å². The third-order valence-corrected chi connectivity index (χ3v) is 4.62. The van der Waals surface area contributed by atoms with Gasteiger partial charge in [0.15, 0.2) is 0 Å². The van der Waals surface area contributed by atoms with Crippen LogP contribution in [0.3, 0.4) is 0 Å². The van der Waals surface area contributed by atoms with Gasteiger partial charge in [0.05, 0.1) is 12.7 Å². The number of aliphatic hydroxyl groups excluding tert-OH is 1. The van der Waals surface area contributed by atoms with Crippen molar-refractivity contribution in [3.8, 4) is 6.07 Å². The van der Waals surface area contributed by atoms with Crippen LogP contribution in [0.1, 0.15) is 51.4 Å². The van der Waals surface area contributed by atoms with E-state index in [1.165, 1.54) is 38.5 Å². The van der Waals surface area contributed by atoms with Crippen LogP contribution in [0, 0.1) is 16.7 Å². The first kappa shape index (κ1) is 11.9. The highest BCUT2D eigenvalue weighted by Gasteiger charge is 2.43. The molecule has 16 heavy (non-hydrogen) atoms. The maximum Gasteiger partial charge on any atom is 0.106 e. The van der Waals surface area contributed by atoms with E-state index < -0.39 is 0 Å². The van der Waals surface area contributed by atoms with Crippen LogP contribution in [0.4, 0.5) is 0 Å². The van der Waals surface area contributed by atoms with Gasteiger partial charge in [-0.1, -0.05) is 12.8 Å². The van der Waals surface area contributed by atoms with Crippen LogP contribution in [0.15, 0.2) is 0 Å². The van der Waals surface area contributed by atoms with E-state index in [0.717, 1.165) is 12.8 Å². The summed E-state index contributed by atoms with van der Waals surface area (Å²) in [5.41, 5.74) is 0.220. The van der Waals surface area contributed by atoms with Crippen molar-refractivity contribution in [3.05, 3.63) is 0 Å². The van der Waals surface area contributed by atoms with Crippen molar-refractivity contribution < 1.29 is 5.11 Å². The van der Waals surface area contributed by atoms with Crippen LogP contribution in [0.2, 0.25) is 0 Å². The van der Waals surface area contributed by atoms with Gasteiger partial charge in [0.2, 0.25) is 0 Å². The maximum atomic E-state index is 9.31. The second-order valence-corrected chi connectivity index (χ2v) is 5.55. The first-order chi connectivity index (χ1) is 7.74. The van der Waals surface area contributed by atoms with Crippen LogP contribution in [0.25, 0.3) is 0 Å². The standard InChI is InChI=1S/C13H22N2O/c14-11-13(15-9-10-16)7-5-12(6-8-13)3-1-2-4-12/h15-16H,1-10H2. The van der Waals surface area contributed by atoms with E-state index in [9.17, 15) is 5.26 Å². The fourth-order valence-electron chi connectivity index (χ4n) is 3.46. The van der Waals surface area contributed by atoms with Gasteiger partial charge < -0.3 is 5.11 Å². The lowest BCUT2D eigenvalue weighted by Crippen LogP contribution is -2.49. The summed E-state index contributed by atoms with van der Waals surface area (Å²) in [6.07, 6.45) is 9.81. The van der Waals surface area contributed by atoms with Crippen molar-refractivity contribution in [3.63, 3.8) is 0 Å². The van der Waals surface area contributed by atoms with E-state index in [1.807, 2.05) is 0 Å². The Morgan fingerprint density at radius 3 is 2.19 bits per heavy atom. The second-order valence-electron chi connectivity index (χ2n) is 5.55. The van der Waals surface area contributed by atoms with Crippen molar-refractivity contribution in [2.45, 2.75) is 56.9 Å². The van der Waals surface area contributed by atoms with Gasteiger partial charge in [-0.3, -0.25) is 5.32 Å². The molecule has 0 radical (unpaired) electrons. The smallest absolute Gasteiger partial charge is 0.106 e. The number of aliphatic hydroxyl groups is 1. The van der Waals surface area contributed by atoms with Crippen molar-refractivity contribution in [2.75, 3.05) is 13.2 Å². The number of hydrogen-bond donors (Lipinski definition) is 2. The molecule has 2 fully saturated rings. The monoisotopic (exact) mass is 222 g/mol. The Kier molecular flexibility index (Phi) is 3.51. The van der Waals surface area contributed by atoms with Crippen molar-refractivity contribution in [1.82, 2.24) is 5.32 Å². The van der Waals surface area contributed by atoms with Gasteiger partial charge in [-0.25, -0.2) is 0 Å². The summed E-state index contributed by atoms with van der Waals surface area (Å²) < 4.78 is 0. The zero-order valence-corrected chi connectivity index (χ0v) is 9.97. The topological polar surface area (TPSA) is 56.0 Å². The number of β-amino-alcohol motifs (C(OH)–C–C–N with tert-alkyl or cyclic N) is 1. The van der Waals surface area contributed by atoms with Crippen LogP contribution < -0.4 is 5.32 Å². The van der Waals surface area contributed by atoms with Crippen molar-refractivity contribution in [1.29, 1.82) is 5.26 Å². The van der Waals surface area contributed by atoms with Gasteiger partial charge >= 0.3 is 0 Å². The molecule has 0 heterocycles. The summed E-state index contributed by atoms with van der Waals surface area (Å²) in [5, 5.41) is 21.4. The molecule has 0 aliphatic heterocycles. The lowest BCUT2D eigenvalue weighted by molar-refractivity contribution is 0.135. The Labute approximate surface area is 97.8 Å². The Morgan fingerprint density at radius 2 is 1.69 bits per heavy atom. The number of nitrogens with zero attached hydrogens (tertiary/aromatic N) is 1. The fraction of sp³-hybridized carbons (Fsp3) is 0.923. The highest BCUT2D eigenvalue weighted by Crippen LogP contribution is 2.50. The molecular formula is C13H22N2O. The molecule has 0 unspecified atom stereocenters. The predicted molar refractivity (Wildman–Crippen MR) is 62.8 cm³/mol. The third kappa shape index (κ3) is 2.23. The van der Waals surface area contributed by atoms with E-state index in [0.29, 0.717) is 12.0 Å². The highest BCUT2D eigenvalue weighted by atomic mass is 16.3.